The second-order valence-corrected chi connectivity index (χ2v) is 2.61. The Bertz CT molecular complexity index is 288. The second kappa shape index (κ2) is 4.45. The van der Waals surface area contributed by atoms with Gasteiger partial charge in [0.2, 0.25) is 0 Å². The minimum Gasteiger partial charge on any atom is -0.260 e. The third-order valence-corrected chi connectivity index (χ3v) is 1.59. The van der Waals surface area contributed by atoms with Crippen LogP contribution in [-0.4, -0.2) is 9.97 Å². The Labute approximate surface area is 72.1 Å². The van der Waals surface area contributed by atoms with E-state index in [0.717, 1.165) is 25.0 Å². The fourth-order valence-corrected chi connectivity index (χ4v) is 0.939. The molecule has 3 heteroatoms. The highest BCUT2D eigenvalue weighted by molar-refractivity contribution is 5.17. The average Bonchev–Trinajstić information content (AvgIpc) is 2.15. The molecule has 1 aromatic rings. The smallest absolute Gasteiger partial charge is 0.159 e. The van der Waals surface area contributed by atoms with E-state index in [-0.39, 0.29) is 0 Å². The largest absolute Gasteiger partial charge is 0.260 e. The molecule has 0 spiro atoms. The summed E-state index contributed by atoms with van der Waals surface area (Å²) in [5, 5.41) is 8.53. The maximum atomic E-state index is 8.53. The lowest BCUT2D eigenvalue weighted by Crippen LogP contribution is -1.93. The number of rotatable bonds is 3. The van der Waals surface area contributed by atoms with Gasteiger partial charge in [0.25, 0.3) is 0 Å². The molecule has 12 heavy (non-hydrogen) atoms. The first-order valence-corrected chi connectivity index (χ1v) is 4.08. The monoisotopic (exact) mass is 161 g/mol. The first kappa shape index (κ1) is 8.66. The van der Waals surface area contributed by atoms with Gasteiger partial charge in [0.1, 0.15) is 6.07 Å². The molecule has 0 bridgehead atoms. The van der Waals surface area contributed by atoms with Crippen molar-refractivity contribution in [2.45, 2.75) is 26.2 Å². The van der Waals surface area contributed by atoms with Crippen molar-refractivity contribution >= 4 is 0 Å². The Balaban J connectivity index is 2.68. The molecule has 0 amide bonds. The van der Waals surface area contributed by atoms with Gasteiger partial charge in [-0.05, 0) is 12.8 Å². The summed E-state index contributed by atoms with van der Waals surface area (Å²) in [5.74, 6) is 0. The average molecular weight is 161 g/mol. The number of hydrogen-bond acceptors (Lipinski definition) is 3. The van der Waals surface area contributed by atoms with Crippen LogP contribution in [0.4, 0.5) is 0 Å². The van der Waals surface area contributed by atoms with Gasteiger partial charge in [-0.15, -0.1) is 0 Å². The second-order valence-electron chi connectivity index (χ2n) is 2.61. The van der Waals surface area contributed by atoms with Crippen molar-refractivity contribution in [3.05, 3.63) is 23.8 Å². The maximum Gasteiger partial charge on any atom is 0.159 e. The van der Waals surface area contributed by atoms with Gasteiger partial charge in [-0.2, -0.15) is 5.26 Å². The Kier molecular flexibility index (Phi) is 3.21. The summed E-state index contributed by atoms with van der Waals surface area (Å²) in [5.41, 5.74) is 1.32. The quantitative estimate of drug-likeness (QED) is 0.677. The molecule has 0 aliphatic heterocycles. The first-order chi connectivity index (χ1) is 5.86. The van der Waals surface area contributed by atoms with Crippen LogP contribution in [0.3, 0.4) is 0 Å². The molecule has 0 atom stereocenters. The summed E-state index contributed by atoms with van der Waals surface area (Å²) in [6.45, 7) is 2.13. The van der Waals surface area contributed by atoms with Gasteiger partial charge in [-0.1, -0.05) is 13.3 Å². The maximum absolute atomic E-state index is 8.53. The van der Waals surface area contributed by atoms with Crippen LogP contribution < -0.4 is 0 Å². The molecule has 1 aromatic heterocycles. The Hall–Kier alpha value is -1.43. The highest BCUT2D eigenvalue weighted by Crippen LogP contribution is 2.00. The molecule has 1 heterocycles. The van der Waals surface area contributed by atoms with Crippen molar-refractivity contribution in [3.8, 4) is 6.07 Å². The van der Waals surface area contributed by atoms with Crippen LogP contribution in [0.15, 0.2) is 12.4 Å². The molecular formula is C9H11N3. The van der Waals surface area contributed by atoms with Gasteiger partial charge >= 0.3 is 0 Å². The molecule has 0 aromatic carbocycles. The molecule has 0 saturated carbocycles. The highest BCUT2D eigenvalue weighted by atomic mass is 14.8. The van der Waals surface area contributed by atoms with Crippen molar-refractivity contribution in [3.63, 3.8) is 0 Å². The van der Waals surface area contributed by atoms with Gasteiger partial charge in [0.05, 0.1) is 11.9 Å². The van der Waals surface area contributed by atoms with Crippen LogP contribution in [0, 0.1) is 11.3 Å². The SMILES string of the molecule is CCCCc1cncc(C#N)n1. The topological polar surface area (TPSA) is 49.6 Å². The molecule has 0 unspecified atom stereocenters. The molecule has 0 radical (unpaired) electrons. The summed E-state index contributed by atoms with van der Waals surface area (Å²) in [6, 6.07) is 1.97. The van der Waals surface area contributed by atoms with Crippen molar-refractivity contribution in [1.82, 2.24) is 9.97 Å². The minimum atomic E-state index is 0.406. The summed E-state index contributed by atoms with van der Waals surface area (Å²) < 4.78 is 0. The van der Waals surface area contributed by atoms with E-state index in [0.29, 0.717) is 5.69 Å². The number of aromatic nitrogens is 2. The van der Waals surface area contributed by atoms with Crippen LogP contribution in [0.1, 0.15) is 31.2 Å². The fraction of sp³-hybridized carbons (Fsp3) is 0.444. The molecule has 1 rings (SSSR count). The zero-order valence-electron chi connectivity index (χ0n) is 7.12. The zero-order valence-corrected chi connectivity index (χ0v) is 7.12. The third kappa shape index (κ3) is 2.31. The molecule has 0 saturated heterocycles. The zero-order chi connectivity index (χ0) is 8.81. The van der Waals surface area contributed by atoms with Crippen molar-refractivity contribution in [1.29, 1.82) is 5.26 Å². The van der Waals surface area contributed by atoms with Crippen LogP contribution in [-0.2, 0) is 6.42 Å². The van der Waals surface area contributed by atoms with E-state index in [4.69, 9.17) is 5.26 Å². The predicted molar refractivity (Wildman–Crippen MR) is 45.4 cm³/mol. The lowest BCUT2D eigenvalue weighted by Gasteiger charge is -1.96. The molecule has 62 valence electrons. The Morgan fingerprint density at radius 3 is 3.00 bits per heavy atom. The van der Waals surface area contributed by atoms with Gasteiger partial charge in [-0.25, -0.2) is 4.98 Å². The van der Waals surface area contributed by atoms with Gasteiger partial charge < -0.3 is 0 Å². The lowest BCUT2D eigenvalue weighted by molar-refractivity contribution is 0.770. The van der Waals surface area contributed by atoms with Crippen LogP contribution in [0.2, 0.25) is 0 Å². The number of nitrogens with zero attached hydrogens (tertiary/aromatic N) is 3. The van der Waals surface area contributed by atoms with Crippen LogP contribution >= 0.6 is 0 Å². The Morgan fingerprint density at radius 2 is 2.33 bits per heavy atom. The van der Waals surface area contributed by atoms with E-state index >= 15 is 0 Å². The van der Waals surface area contributed by atoms with Crippen molar-refractivity contribution in [2.24, 2.45) is 0 Å². The fourth-order valence-electron chi connectivity index (χ4n) is 0.939. The van der Waals surface area contributed by atoms with Gasteiger partial charge in [0.15, 0.2) is 5.69 Å². The van der Waals surface area contributed by atoms with E-state index in [1.54, 1.807) is 6.20 Å². The lowest BCUT2D eigenvalue weighted by atomic mass is 10.2. The van der Waals surface area contributed by atoms with E-state index in [1.165, 1.54) is 6.20 Å². The van der Waals surface area contributed by atoms with Crippen molar-refractivity contribution < 1.29 is 0 Å². The van der Waals surface area contributed by atoms with Crippen LogP contribution in [0.25, 0.3) is 0 Å². The van der Waals surface area contributed by atoms with E-state index in [2.05, 4.69) is 16.9 Å². The number of hydrogen-bond donors (Lipinski definition) is 0. The Morgan fingerprint density at radius 1 is 1.50 bits per heavy atom. The third-order valence-electron chi connectivity index (χ3n) is 1.59. The summed E-state index contributed by atoms with van der Waals surface area (Å²) in [7, 11) is 0. The number of aryl methyl sites for hydroxylation is 1. The minimum absolute atomic E-state index is 0.406. The predicted octanol–water partition coefficient (Wildman–Crippen LogP) is 1.69. The first-order valence-electron chi connectivity index (χ1n) is 4.08. The van der Waals surface area contributed by atoms with Gasteiger partial charge in [0, 0.05) is 6.20 Å². The van der Waals surface area contributed by atoms with E-state index in [9.17, 15) is 0 Å². The van der Waals surface area contributed by atoms with Crippen molar-refractivity contribution in [2.75, 3.05) is 0 Å². The molecule has 0 aliphatic rings. The summed E-state index contributed by atoms with van der Waals surface area (Å²) in [6.07, 6.45) is 6.35. The van der Waals surface area contributed by atoms with E-state index < -0.39 is 0 Å². The molecule has 0 aliphatic carbocycles. The highest BCUT2D eigenvalue weighted by Gasteiger charge is 1.96. The molecular weight excluding hydrogens is 150 g/mol. The molecule has 3 nitrogen and oxygen atoms in total. The molecule has 0 N–H and O–H groups in total. The normalized spacial score (nSPS) is 9.33. The van der Waals surface area contributed by atoms with E-state index in [1.807, 2.05) is 6.07 Å². The standard InChI is InChI=1S/C9H11N3/c1-2-3-4-8-6-11-7-9(5-10)12-8/h6-7H,2-4H2,1H3. The summed E-state index contributed by atoms with van der Waals surface area (Å²) >= 11 is 0. The van der Waals surface area contributed by atoms with Crippen LogP contribution in [0.5, 0.6) is 0 Å². The van der Waals surface area contributed by atoms with Gasteiger partial charge in [-0.3, -0.25) is 4.98 Å². The number of nitriles is 1. The molecule has 0 fully saturated rings. The summed E-state index contributed by atoms with van der Waals surface area (Å²) in [4.78, 5) is 8.03. The number of unbranched alkanes of at least 4 members (excludes halogenated alkanes) is 1.